The number of pyridine rings is 1. The first-order chi connectivity index (χ1) is 15.4. The number of nitrogens with zero attached hydrogens (tertiary/aromatic N) is 2. The maximum atomic E-state index is 13.1. The minimum absolute atomic E-state index is 0.0455. The van der Waals surface area contributed by atoms with Crippen molar-refractivity contribution in [3.05, 3.63) is 89.3 Å². The molecule has 0 aliphatic carbocycles. The third-order valence-electron chi connectivity index (χ3n) is 5.29. The normalized spacial score (nSPS) is 17.6. The molecule has 2 aromatic carbocycles. The maximum Gasteiger partial charge on any atom is 0.300 e. The second kappa shape index (κ2) is 8.55. The van der Waals surface area contributed by atoms with Crippen LogP contribution in [-0.4, -0.2) is 33.5 Å². The zero-order chi connectivity index (χ0) is 22.8. The summed E-state index contributed by atoms with van der Waals surface area (Å²) in [5.41, 5.74) is 2.29. The van der Waals surface area contributed by atoms with Gasteiger partial charge in [-0.15, -0.1) is 0 Å². The number of aromatic hydroxyl groups is 1. The minimum Gasteiger partial charge on any atom is -0.507 e. The van der Waals surface area contributed by atoms with E-state index in [-0.39, 0.29) is 22.8 Å². The van der Waals surface area contributed by atoms with E-state index >= 15 is 0 Å². The van der Waals surface area contributed by atoms with Gasteiger partial charge in [0.25, 0.3) is 11.7 Å². The molecule has 1 aliphatic rings. The fourth-order valence-electron chi connectivity index (χ4n) is 3.75. The summed E-state index contributed by atoms with van der Waals surface area (Å²) in [6.07, 6.45) is 3.04. The molecule has 162 valence electrons. The zero-order valence-electron chi connectivity index (χ0n) is 17.6. The van der Waals surface area contributed by atoms with Crippen LogP contribution in [0.2, 0.25) is 0 Å². The average Bonchev–Trinajstić information content (AvgIpc) is 3.06. The van der Waals surface area contributed by atoms with E-state index in [1.807, 2.05) is 19.1 Å². The molecule has 32 heavy (non-hydrogen) atoms. The van der Waals surface area contributed by atoms with Crippen molar-refractivity contribution in [1.29, 1.82) is 0 Å². The first-order valence-corrected chi connectivity index (χ1v) is 10.2. The number of Topliss-reactive ketones (excluding diaryl/α,β-unsaturated/α-hetero) is 1. The Balaban J connectivity index is 1.95. The highest BCUT2D eigenvalue weighted by molar-refractivity contribution is 6.51. The van der Waals surface area contributed by atoms with Crippen LogP contribution in [0.5, 0.6) is 11.5 Å². The number of ketones is 1. The van der Waals surface area contributed by atoms with Gasteiger partial charge in [0.2, 0.25) is 0 Å². The van der Waals surface area contributed by atoms with Crippen LogP contribution in [0.3, 0.4) is 0 Å². The van der Waals surface area contributed by atoms with Crippen LogP contribution in [-0.2, 0) is 9.59 Å². The average molecular weight is 430 g/mol. The smallest absolute Gasteiger partial charge is 0.300 e. The van der Waals surface area contributed by atoms with Crippen LogP contribution in [0.15, 0.2) is 72.6 Å². The molecule has 1 atom stereocenters. The van der Waals surface area contributed by atoms with Crippen molar-refractivity contribution in [1.82, 2.24) is 4.98 Å². The topological polar surface area (TPSA) is 100.0 Å². The standard InChI is InChI=1S/C25H22N2O5/c1-3-32-20-13-17(10-11-19(20)28)22-21(23(29)16-8-6-15(2)7-9-16)24(30)25(31)27(22)18-5-4-12-26-14-18/h4-14,22,28-29H,3H2,1-2H3/t22-/m1/s1. The number of carbonyl (C=O) groups is 2. The van der Waals surface area contributed by atoms with E-state index in [4.69, 9.17) is 4.74 Å². The van der Waals surface area contributed by atoms with E-state index in [0.29, 0.717) is 23.4 Å². The van der Waals surface area contributed by atoms with Gasteiger partial charge in [0.05, 0.1) is 30.1 Å². The number of ether oxygens (including phenoxy) is 1. The van der Waals surface area contributed by atoms with Gasteiger partial charge < -0.3 is 14.9 Å². The molecular formula is C25H22N2O5. The van der Waals surface area contributed by atoms with Crippen LogP contribution in [0, 0.1) is 6.92 Å². The summed E-state index contributed by atoms with van der Waals surface area (Å²) in [4.78, 5) is 31.6. The lowest BCUT2D eigenvalue weighted by molar-refractivity contribution is -0.132. The molecule has 0 radical (unpaired) electrons. The van der Waals surface area contributed by atoms with Crippen LogP contribution < -0.4 is 9.64 Å². The van der Waals surface area contributed by atoms with Crippen molar-refractivity contribution in [2.24, 2.45) is 0 Å². The van der Waals surface area contributed by atoms with E-state index < -0.39 is 17.7 Å². The lowest BCUT2D eigenvalue weighted by Crippen LogP contribution is -2.29. The third-order valence-corrected chi connectivity index (χ3v) is 5.29. The van der Waals surface area contributed by atoms with E-state index in [2.05, 4.69) is 4.98 Å². The number of anilines is 1. The molecule has 0 spiro atoms. The number of aliphatic hydroxyl groups excluding tert-OH is 1. The molecule has 1 amide bonds. The van der Waals surface area contributed by atoms with Crippen LogP contribution in [0.1, 0.15) is 29.7 Å². The summed E-state index contributed by atoms with van der Waals surface area (Å²) in [7, 11) is 0. The van der Waals surface area contributed by atoms with Crippen molar-refractivity contribution in [2.75, 3.05) is 11.5 Å². The van der Waals surface area contributed by atoms with Crippen LogP contribution in [0.4, 0.5) is 5.69 Å². The number of amides is 1. The fraction of sp³-hybridized carbons (Fsp3) is 0.160. The highest BCUT2D eigenvalue weighted by Gasteiger charge is 2.47. The predicted octanol–water partition coefficient (Wildman–Crippen LogP) is 4.12. The number of aliphatic hydroxyl groups is 1. The number of benzene rings is 2. The molecule has 1 aliphatic heterocycles. The number of phenolic OH excluding ortho intramolecular Hbond substituents is 1. The highest BCUT2D eigenvalue weighted by atomic mass is 16.5. The van der Waals surface area contributed by atoms with Gasteiger partial charge in [-0.05, 0) is 43.7 Å². The summed E-state index contributed by atoms with van der Waals surface area (Å²) >= 11 is 0. The largest absolute Gasteiger partial charge is 0.507 e. The number of carbonyl (C=O) groups excluding carboxylic acids is 2. The first kappa shape index (κ1) is 21.1. The number of aryl methyl sites for hydroxylation is 1. The molecule has 0 bridgehead atoms. The Bertz CT molecular complexity index is 1200. The van der Waals surface area contributed by atoms with Crippen LogP contribution in [0.25, 0.3) is 5.76 Å². The number of aromatic nitrogens is 1. The zero-order valence-corrected chi connectivity index (χ0v) is 17.6. The maximum absolute atomic E-state index is 13.1. The van der Waals surface area contributed by atoms with E-state index in [1.54, 1.807) is 49.5 Å². The Morgan fingerprint density at radius 1 is 1.12 bits per heavy atom. The monoisotopic (exact) mass is 430 g/mol. The van der Waals surface area contributed by atoms with E-state index in [1.165, 1.54) is 17.2 Å². The molecule has 1 fully saturated rings. The first-order valence-electron chi connectivity index (χ1n) is 10.2. The van der Waals surface area contributed by atoms with Gasteiger partial charge in [-0.3, -0.25) is 19.5 Å². The molecule has 0 saturated carbocycles. The van der Waals surface area contributed by atoms with E-state index in [9.17, 15) is 19.8 Å². The lowest BCUT2D eigenvalue weighted by atomic mass is 9.94. The summed E-state index contributed by atoms with van der Waals surface area (Å²) < 4.78 is 5.50. The van der Waals surface area contributed by atoms with Gasteiger partial charge in [-0.1, -0.05) is 35.9 Å². The van der Waals surface area contributed by atoms with Gasteiger partial charge in [-0.25, -0.2) is 0 Å². The molecular weight excluding hydrogens is 408 g/mol. The van der Waals surface area contributed by atoms with Gasteiger partial charge in [0, 0.05) is 11.8 Å². The molecule has 2 N–H and O–H groups in total. The van der Waals surface area contributed by atoms with Crippen molar-refractivity contribution < 1.29 is 24.5 Å². The third kappa shape index (κ3) is 3.69. The second-order valence-electron chi connectivity index (χ2n) is 7.41. The summed E-state index contributed by atoms with van der Waals surface area (Å²) in [5, 5.41) is 21.2. The Morgan fingerprint density at radius 2 is 1.88 bits per heavy atom. The molecule has 4 rings (SSSR count). The quantitative estimate of drug-likeness (QED) is 0.359. The summed E-state index contributed by atoms with van der Waals surface area (Å²) in [6, 6.07) is 14.0. The van der Waals surface area contributed by atoms with Crippen molar-refractivity contribution in [3.63, 3.8) is 0 Å². The molecule has 3 aromatic rings. The van der Waals surface area contributed by atoms with Gasteiger partial charge >= 0.3 is 0 Å². The van der Waals surface area contributed by atoms with Gasteiger partial charge in [-0.2, -0.15) is 0 Å². The molecule has 0 unspecified atom stereocenters. The number of rotatable bonds is 5. The van der Waals surface area contributed by atoms with Gasteiger partial charge in [0.15, 0.2) is 11.5 Å². The Morgan fingerprint density at radius 3 is 2.53 bits per heavy atom. The molecule has 1 saturated heterocycles. The Hall–Kier alpha value is -4.13. The molecule has 1 aromatic heterocycles. The summed E-state index contributed by atoms with van der Waals surface area (Å²) in [6.45, 7) is 4.02. The van der Waals surface area contributed by atoms with E-state index in [0.717, 1.165) is 5.56 Å². The second-order valence-corrected chi connectivity index (χ2v) is 7.41. The Labute approximate surface area is 185 Å². The summed E-state index contributed by atoms with van der Waals surface area (Å²) in [5.74, 6) is -1.69. The number of phenols is 1. The molecule has 7 nitrogen and oxygen atoms in total. The van der Waals surface area contributed by atoms with Crippen molar-refractivity contribution >= 4 is 23.1 Å². The fourth-order valence-corrected chi connectivity index (χ4v) is 3.75. The van der Waals surface area contributed by atoms with Crippen molar-refractivity contribution in [2.45, 2.75) is 19.9 Å². The minimum atomic E-state index is -0.930. The predicted molar refractivity (Wildman–Crippen MR) is 119 cm³/mol. The SMILES string of the molecule is CCOc1cc([C@@H]2C(=C(O)c3ccc(C)cc3)C(=O)C(=O)N2c2cccnc2)ccc1O. The van der Waals surface area contributed by atoms with Gasteiger partial charge in [0.1, 0.15) is 5.76 Å². The lowest BCUT2D eigenvalue weighted by Gasteiger charge is -2.25. The highest BCUT2D eigenvalue weighted by Crippen LogP contribution is 2.43. The number of hydrogen-bond donors (Lipinski definition) is 2. The molecule has 2 heterocycles. The van der Waals surface area contributed by atoms with Crippen molar-refractivity contribution in [3.8, 4) is 11.5 Å². The number of hydrogen-bond acceptors (Lipinski definition) is 6. The Kier molecular flexibility index (Phi) is 5.64. The van der Waals surface area contributed by atoms with Crippen LogP contribution >= 0.6 is 0 Å². The molecule has 7 heteroatoms.